The Morgan fingerprint density at radius 2 is 1.84 bits per heavy atom. The van der Waals surface area contributed by atoms with Crippen molar-refractivity contribution in [3.05, 3.63) is 62.8 Å². The molecule has 5 heteroatoms. The molecule has 0 heterocycles. The SMILES string of the molecule is NCC(Oc1ccc(Br)c(F)c1)c1ccccc1Br. The third-order valence-electron chi connectivity index (χ3n) is 2.64. The van der Waals surface area contributed by atoms with E-state index in [0.29, 0.717) is 16.8 Å². The second-order valence-corrected chi connectivity index (χ2v) is 5.65. The lowest BCUT2D eigenvalue weighted by atomic mass is 10.1. The predicted molar refractivity (Wildman–Crippen MR) is 80.7 cm³/mol. The summed E-state index contributed by atoms with van der Waals surface area (Å²) in [6.07, 6.45) is -0.323. The molecule has 1 atom stereocenters. The van der Waals surface area contributed by atoms with Gasteiger partial charge in [0.25, 0.3) is 0 Å². The van der Waals surface area contributed by atoms with Crippen LogP contribution < -0.4 is 10.5 Å². The van der Waals surface area contributed by atoms with E-state index in [1.165, 1.54) is 6.07 Å². The largest absolute Gasteiger partial charge is 0.484 e. The number of ether oxygens (including phenoxy) is 1. The summed E-state index contributed by atoms with van der Waals surface area (Å²) in [5.41, 5.74) is 6.68. The molecule has 0 saturated heterocycles. The Kier molecular flexibility index (Phi) is 4.96. The highest BCUT2D eigenvalue weighted by molar-refractivity contribution is 9.10. The molecular weight excluding hydrogens is 377 g/mol. The van der Waals surface area contributed by atoms with Crippen molar-refractivity contribution in [3.63, 3.8) is 0 Å². The third-order valence-corrected chi connectivity index (χ3v) is 4.00. The van der Waals surface area contributed by atoms with E-state index in [-0.39, 0.29) is 11.9 Å². The van der Waals surface area contributed by atoms with Crippen LogP contribution in [0.25, 0.3) is 0 Å². The normalized spacial score (nSPS) is 12.2. The number of nitrogens with two attached hydrogens (primary N) is 1. The van der Waals surface area contributed by atoms with E-state index in [9.17, 15) is 4.39 Å². The Bertz CT molecular complexity index is 577. The van der Waals surface area contributed by atoms with Crippen LogP contribution in [0.4, 0.5) is 4.39 Å². The minimum Gasteiger partial charge on any atom is -0.484 e. The first-order chi connectivity index (χ1) is 9.11. The first-order valence-electron chi connectivity index (χ1n) is 5.68. The minimum atomic E-state index is -0.361. The lowest BCUT2D eigenvalue weighted by Crippen LogP contribution is -2.19. The van der Waals surface area contributed by atoms with Gasteiger partial charge in [0.15, 0.2) is 0 Å². The van der Waals surface area contributed by atoms with E-state index < -0.39 is 0 Å². The van der Waals surface area contributed by atoms with Crippen molar-refractivity contribution in [2.24, 2.45) is 5.73 Å². The van der Waals surface area contributed by atoms with Gasteiger partial charge in [-0.2, -0.15) is 0 Å². The van der Waals surface area contributed by atoms with Gasteiger partial charge in [0.05, 0.1) is 4.47 Å². The fourth-order valence-corrected chi connectivity index (χ4v) is 2.48. The molecule has 2 rings (SSSR count). The minimum absolute atomic E-state index is 0.306. The molecule has 2 aromatic rings. The molecule has 0 spiro atoms. The molecule has 19 heavy (non-hydrogen) atoms. The smallest absolute Gasteiger partial charge is 0.141 e. The molecule has 0 bridgehead atoms. The molecule has 0 amide bonds. The van der Waals surface area contributed by atoms with Crippen LogP contribution in [0.2, 0.25) is 0 Å². The Balaban J connectivity index is 2.24. The zero-order valence-corrected chi connectivity index (χ0v) is 13.1. The van der Waals surface area contributed by atoms with Crippen LogP contribution in [-0.4, -0.2) is 6.54 Å². The number of benzene rings is 2. The van der Waals surface area contributed by atoms with Gasteiger partial charge < -0.3 is 10.5 Å². The van der Waals surface area contributed by atoms with Crippen LogP contribution in [0.15, 0.2) is 51.4 Å². The van der Waals surface area contributed by atoms with Crippen molar-refractivity contribution >= 4 is 31.9 Å². The molecule has 0 aliphatic rings. The highest BCUT2D eigenvalue weighted by Crippen LogP contribution is 2.28. The van der Waals surface area contributed by atoms with Crippen molar-refractivity contribution in [3.8, 4) is 5.75 Å². The molecule has 2 aromatic carbocycles. The lowest BCUT2D eigenvalue weighted by Gasteiger charge is -2.19. The summed E-state index contributed by atoms with van der Waals surface area (Å²) >= 11 is 6.57. The van der Waals surface area contributed by atoms with Gasteiger partial charge >= 0.3 is 0 Å². The maximum absolute atomic E-state index is 13.4. The topological polar surface area (TPSA) is 35.2 Å². The van der Waals surface area contributed by atoms with Crippen LogP contribution in [0.5, 0.6) is 5.75 Å². The van der Waals surface area contributed by atoms with Crippen LogP contribution in [0.3, 0.4) is 0 Å². The fraction of sp³-hybridized carbons (Fsp3) is 0.143. The van der Waals surface area contributed by atoms with Crippen LogP contribution in [0.1, 0.15) is 11.7 Å². The van der Waals surface area contributed by atoms with Crippen LogP contribution >= 0.6 is 31.9 Å². The molecule has 0 fully saturated rings. The van der Waals surface area contributed by atoms with Crippen molar-refractivity contribution < 1.29 is 9.13 Å². The Hall–Kier alpha value is -0.910. The maximum atomic E-state index is 13.4. The molecule has 0 aliphatic carbocycles. The first-order valence-corrected chi connectivity index (χ1v) is 7.26. The fourth-order valence-electron chi connectivity index (χ4n) is 1.69. The third kappa shape index (κ3) is 3.55. The number of hydrogen-bond acceptors (Lipinski definition) is 2. The maximum Gasteiger partial charge on any atom is 0.141 e. The zero-order chi connectivity index (χ0) is 13.8. The van der Waals surface area contributed by atoms with E-state index in [4.69, 9.17) is 10.5 Å². The quantitative estimate of drug-likeness (QED) is 0.840. The molecule has 2 nitrogen and oxygen atoms in total. The number of halogens is 3. The van der Waals surface area contributed by atoms with Gasteiger partial charge in [0.2, 0.25) is 0 Å². The molecule has 0 radical (unpaired) electrons. The van der Waals surface area contributed by atoms with Crippen LogP contribution in [-0.2, 0) is 0 Å². The van der Waals surface area contributed by atoms with Gasteiger partial charge in [-0.3, -0.25) is 0 Å². The Morgan fingerprint density at radius 3 is 2.47 bits per heavy atom. The second kappa shape index (κ2) is 6.50. The Morgan fingerprint density at radius 1 is 1.11 bits per heavy atom. The first kappa shape index (κ1) is 14.5. The average molecular weight is 389 g/mol. The van der Waals surface area contributed by atoms with Crippen molar-refractivity contribution in [1.29, 1.82) is 0 Å². The summed E-state index contributed by atoms with van der Waals surface area (Å²) in [4.78, 5) is 0. The van der Waals surface area contributed by atoms with Crippen LogP contribution in [0, 0.1) is 5.82 Å². The summed E-state index contributed by atoms with van der Waals surface area (Å²) in [6, 6.07) is 12.3. The van der Waals surface area contributed by atoms with E-state index in [1.807, 2.05) is 24.3 Å². The number of rotatable bonds is 4. The van der Waals surface area contributed by atoms with Crippen molar-refractivity contribution in [1.82, 2.24) is 0 Å². The summed E-state index contributed by atoms with van der Waals surface area (Å²) in [5.74, 6) is 0.0901. The van der Waals surface area contributed by atoms with Gasteiger partial charge in [-0.15, -0.1) is 0 Å². The molecule has 2 N–H and O–H groups in total. The van der Waals surface area contributed by atoms with Crippen molar-refractivity contribution in [2.75, 3.05) is 6.54 Å². The molecule has 1 unspecified atom stereocenters. The highest BCUT2D eigenvalue weighted by Gasteiger charge is 2.15. The van der Waals surface area contributed by atoms with E-state index >= 15 is 0 Å². The van der Waals surface area contributed by atoms with E-state index in [1.54, 1.807) is 12.1 Å². The molecular formula is C14H12Br2FNO. The molecule has 0 aromatic heterocycles. The average Bonchev–Trinajstić information content (AvgIpc) is 2.41. The standard InChI is InChI=1S/C14H12Br2FNO/c15-11-4-2-1-3-10(11)14(8-18)19-9-5-6-12(16)13(17)7-9/h1-7,14H,8,18H2. The second-order valence-electron chi connectivity index (χ2n) is 3.94. The van der Waals surface area contributed by atoms with Crippen molar-refractivity contribution in [2.45, 2.75) is 6.10 Å². The van der Waals surface area contributed by atoms with E-state index in [0.717, 1.165) is 10.0 Å². The summed E-state index contributed by atoms with van der Waals surface area (Å²) < 4.78 is 20.5. The molecule has 0 aliphatic heterocycles. The monoisotopic (exact) mass is 387 g/mol. The predicted octanol–water partition coefficient (Wildman–Crippen LogP) is 4.43. The molecule has 0 saturated carbocycles. The zero-order valence-electron chi connectivity index (χ0n) is 9.95. The van der Waals surface area contributed by atoms with Gasteiger partial charge in [-0.25, -0.2) is 4.39 Å². The van der Waals surface area contributed by atoms with Gasteiger partial charge in [-0.1, -0.05) is 34.1 Å². The summed E-state index contributed by atoms with van der Waals surface area (Å²) in [5, 5.41) is 0. The van der Waals surface area contributed by atoms with Gasteiger partial charge in [-0.05, 0) is 34.1 Å². The number of hydrogen-bond donors (Lipinski definition) is 1. The highest BCUT2D eigenvalue weighted by atomic mass is 79.9. The summed E-state index contributed by atoms with van der Waals surface area (Å²) in [7, 11) is 0. The molecule has 100 valence electrons. The lowest BCUT2D eigenvalue weighted by molar-refractivity contribution is 0.212. The summed E-state index contributed by atoms with van der Waals surface area (Å²) in [6.45, 7) is 0.306. The Labute approximate surface area is 128 Å². The van der Waals surface area contributed by atoms with E-state index in [2.05, 4.69) is 31.9 Å². The van der Waals surface area contributed by atoms with Gasteiger partial charge in [0.1, 0.15) is 17.7 Å². The van der Waals surface area contributed by atoms with Gasteiger partial charge in [0, 0.05) is 22.6 Å².